The maximum Gasteiger partial charge on any atom is 0.372 e. The van der Waals surface area contributed by atoms with Gasteiger partial charge in [0.05, 0.1) is 7.11 Å². The molecule has 0 saturated carbocycles. The average Bonchev–Trinajstić information content (AvgIpc) is 2.38. The van der Waals surface area contributed by atoms with Crippen molar-refractivity contribution in [3.05, 3.63) is 29.3 Å². The summed E-state index contributed by atoms with van der Waals surface area (Å²) >= 11 is 0. The van der Waals surface area contributed by atoms with Gasteiger partial charge in [-0.25, -0.2) is 4.79 Å². The highest BCUT2D eigenvalue weighted by Gasteiger charge is 2.40. The Morgan fingerprint density at radius 3 is 2.40 bits per heavy atom. The van der Waals surface area contributed by atoms with Crippen LogP contribution in [0.1, 0.15) is 38.3 Å². The minimum atomic E-state index is -1.38. The Morgan fingerprint density at radius 1 is 1.35 bits per heavy atom. The van der Waals surface area contributed by atoms with Gasteiger partial charge >= 0.3 is 5.97 Å². The largest absolute Gasteiger partial charge is 0.496 e. The first-order valence-electron chi connectivity index (χ1n) is 6.68. The minimum absolute atomic E-state index is 0.467. The molecule has 0 fully saturated rings. The second-order valence-corrected chi connectivity index (χ2v) is 5.51. The first-order valence-corrected chi connectivity index (χ1v) is 6.68. The molecule has 0 spiro atoms. The van der Waals surface area contributed by atoms with E-state index in [0.717, 1.165) is 11.1 Å². The van der Waals surface area contributed by atoms with Gasteiger partial charge in [-0.05, 0) is 18.9 Å². The fourth-order valence-electron chi connectivity index (χ4n) is 2.79. The third-order valence-corrected chi connectivity index (χ3v) is 3.92. The van der Waals surface area contributed by atoms with Crippen LogP contribution in [0.15, 0.2) is 18.2 Å². The topological polar surface area (TPSA) is 63.6 Å². The molecule has 1 unspecified atom stereocenters. The number of aliphatic carboxylic acids is 1. The van der Waals surface area contributed by atoms with Crippen molar-refractivity contribution in [1.29, 1.82) is 0 Å². The lowest BCUT2D eigenvalue weighted by molar-refractivity contribution is -0.152. The van der Waals surface area contributed by atoms with Crippen molar-refractivity contribution in [1.82, 2.24) is 0 Å². The van der Waals surface area contributed by atoms with Gasteiger partial charge in [-0.1, -0.05) is 39.0 Å². The van der Waals surface area contributed by atoms with Gasteiger partial charge in [-0.3, -0.25) is 4.79 Å². The molecule has 0 aliphatic heterocycles. The Hall–Kier alpha value is -1.84. The van der Waals surface area contributed by atoms with E-state index in [4.69, 9.17) is 9.84 Å². The quantitative estimate of drug-likeness (QED) is 0.813. The first-order chi connectivity index (χ1) is 9.27. The molecule has 1 aromatic rings. The average molecular weight is 278 g/mol. The summed E-state index contributed by atoms with van der Waals surface area (Å²) in [6.07, 6.45) is 0.467. The van der Waals surface area contributed by atoms with E-state index in [-0.39, 0.29) is 0 Å². The highest BCUT2D eigenvalue weighted by atomic mass is 16.5. The molecule has 1 rings (SSSR count). The fourth-order valence-corrected chi connectivity index (χ4v) is 2.79. The summed E-state index contributed by atoms with van der Waals surface area (Å²) in [6.45, 7) is 7.53. The molecule has 1 atom stereocenters. The lowest BCUT2D eigenvalue weighted by atomic mass is 9.69. The molecule has 20 heavy (non-hydrogen) atoms. The number of carboxylic acid groups (broad SMARTS) is 1. The number of para-hydroxylation sites is 1. The van der Waals surface area contributed by atoms with Crippen LogP contribution in [0.5, 0.6) is 5.75 Å². The van der Waals surface area contributed by atoms with Crippen LogP contribution < -0.4 is 4.74 Å². The van der Waals surface area contributed by atoms with E-state index >= 15 is 0 Å². The van der Waals surface area contributed by atoms with Gasteiger partial charge in [0.15, 0.2) is 0 Å². The number of carbonyl (C=O) groups is 2. The molecule has 1 N–H and O–H groups in total. The van der Waals surface area contributed by atoms with Crippen LogP contribution in [0.2, 0.25) is 0 Å². The van der Waals surface area contributed by atoms with Crippen molar-refractivity contribution in [2.75, 3.05) is 7.11 Å². The molecule has 0 amide bonds. The molecule has 0 radical (unpaired) electrons. The number of aryl methyl sites for hydroxylation is 1. The number of carboxylic acids is 1. The Morgan fingerprint density at radius 2 is 1.95 bits per heavy atom. The van der Waals surface area contributed by atoms with Crippen molar-refractivity contribution in [2.24, 2.45) is 5.92 Å². The predicted molar refractivity (Wildman–Crippen MR) is 77.2 cm³/mol. The van der Waals surface area contributed by atoms with Crippen molar-refractivity contribution in [3.8, 4) is 5.75 Å². The summed E-state index contributed by atoms with van der Waals surface area (Å²) in [4.78, 5) is 23.0. The molecule has 0 bridgehead atoms. The van der Waals surface area contributed by atoms with Crippen LogP contribution in [0.4, 0.5) is 0 Å². The van der Waals surface area contributed by atoms with Crippen molar-refractivity contribution >= 4 is 11.8 Å². The molecule has 0 aliphatic carbocycles. The molecule has 1 aromatic carbocycles. The van der Waals surface area contributed by atoms with E-state index in [2.05, 4.69) is 0 Å². The maximum absolute atomic E-state index is 11.9. The molecule has 110 valence electrons. The smallest absolute Gasteiger partial charge is 0.372 e. The van der Waals surface area contributed by atoms with Crippen molar-refractivity contribution < 1.29 is 19.4 Å². The lowest BCUT2D eigenvalue weighted by Gasteiger charge is -2.34. The first kappa shape index (κ1) is 16.2. The molecule has 0 aliphatic rings. The molecule has 0 saturated heterocycles. The number of rotatable bonds is 6. The predicted octanol–water partition coefficient (Wildman–Crippen LogP) is 2.96. The summed E-state index contributed by atoms with van der Waals surface area (Å²) in [6, 6.07) is 5.72. The molecule has 4 heteroatoms. The third kappa shape index (κ3) is 2.84. The van der Waals surface area contributed by atoms with E-state index < -0.39 is 23.1 Å². The minimum Gasteiger partial charge on any atom is -0.496 e. The normalized spacial score (nSPS) is 12.8. The number of benzene rings is 1. The number of carbonyl (C=O) groups excluding carboxylic acids is 1. The van der Waals surface area contributed by atoms with Gasteiger partial charge in [0.25, 0.3) is 0 Å². The maximum atomic E-state index is 11.9. The van der Waals surface area contributed by atoms with Crippen LogP contribution in [0.3, 0.4) is 0 Å². The number of methoxy groups -OCH3 is 1. The molecular formula is C16H22O4. The van der Waals surface area contributed by atoms with Crippen LogP contribution in [0, 0.1) is 12.8 Å². The standard InChI is InChI=1S/C16H22O4/c1-6-11(13(17)15(18)19)16(3,4)12-9-7-8-10(2)14(12)20-5/h7-9,11H,6H2,1-5H3,(H,18,19). The second-order valence-electron chi connectivity index (χ2n) is 5.51. The number of ketones is 1. The Bertz CT molecular complexity index is 517. The summed E-state index contributed by atoms with van der Waals surface area (Å²) in [5, 5.41) is 8.99. The van der Waals surface area contributed by atoms with Gasteiger partial charge in [0.1, 0.15) is 5.75 Å². The van der Waals surface area contributed by atoms with Gasteiger partial charge in [0, 0.05) is 16.9 Å². The van der Waals surface area contributed by atoms with Crippen LogP contribution >= 0.6 is 0 Å². The fraction of sp³-hybridized carbons (Fsp3) is 0.500. The summed E-state index contributed by atoms with van der Waals surface area (Å²) in [5.74, 6) is -2.00. The van der Waals surface area contributed by atoms with Crippen LogP contribution in [-0.4, -0.2) is 24.0 Å². The van der Waals surface area contributed by atoms with Gasteiger partial charge in [-0.15, -0.1) is 0 Å². The van der Waals surface area contributed by atoms with Crippen molar-refractivity contribution in [3.63, 3.8) is 0 Å². The molecule has 0 heterocycles. The monoisotopic (exact) mass is 278 g/mol. The van der Waals surface area contributed by atoms with E-state index in [1.807, 2.05) is 45.9 Å². The Labute approximate surface area is 119 Å². The third-order valence-electron chi connectivity index (χ3n) is 3.92. The van der Waals surface area contributed by atoms with Crippen LogP contribution in [0.25, 0.3) is 0 Å². The van der Waals surface area contributed by atoms with Crippen molar-refractivity contribution in [2.45, 2.75) is 39.5 Å². The highest BCUT2D eigenvalue weighted by molar-refractivity contribution is 6.33. The van der Waals surface area contributed by atoms with E-state index in [1.54, 1.807) is 7.11 Å². The Kier molecular flexibility index (Phi) is 4.93. The molecule has 0 aromatic heterocycles. The lowest BCUT2D eigenvalue weighted by Crippen LogP contribution is -2.38. The zero-order valence-electron chi connectivity index (χ0n) is 12.7. The van der Waals surface area contributed by atoms with E-state index in [1.165, 1.54) is 0 Å². The van der Waals surface area contributed by atoms with Gasteiger partial charge in [0.2, 0.25) is 5.78 Å². The zero-order valence-corrected chi connectivity index (χ0v) is 12.7. The Balaban J connectivity index is 3.37. The second kappa shape index (κ2) is 6.07. The number of Topliss-reactive ketones (excluding diaryl/α,β-unsaturated/α-hetero) is 1. The highest BCUT2D eigenvalue weighted by Crippen LogP contribution is 2.40. The van der Waals surface area contributed by atoms with Gasteiger partial charge < -0.3 is 9.84 Å². The van der Waals surface area contributed by atoms with Gasteiger partial charge in [-0.2, -0.15) is 0 Å². The van der Waals surface area contributed by atoms with E-state index in [9.17, 15) is 9.59 Å². The summed E-state index contributed by atoms with van der Waals surface area (Å²) in [7, 11) is 1.59. The number of hydrogen-bond acceptors (Lipinski definition) is 3. The SMILES string of the molecule is CCC(C(=O)C(=O)O)C(C)(C)c1cccc(C)c1OC. The van der Waals surface area contributed by atoms with Crippen LogP contribution in [-0.2, 0) is 15.0 Å². The molecule has 4 nitrogen and oxygen atoms in total. The summed E-state index contributed by atoms with van der Waals surface area (Å²) < 4.78 is 5.44. The molecular weight excluding hydrogens is 256 g/mol. The number of hydrogen-bond donors (Lipinski definition) is 1. The summed E-state index contributed by atoms with van der Waals surface area (Å²) in [5.41, 5.74) is 1.22. The number of ether oxygens (including phenoxy) is 1. The van der Waals surface area contributed by atoms with E-state index in [0.29, 0.717) is 12.2 Å². The zero-order chi connectivity index (χ0) is 15.5.